The van der Waals surface area contributed by atoms with Crippen LogP contribution >= 0.6 is 23.2 Å². The number of halogens is 3. The van der Waals surface area contributed by atoms with Crippen molar-refractivity contribution >= 4 is 39.1 Å². The molecule has 1 aromatic heterocycles. The van der Waals surface area contributed by atoms with Crippen molar-refractivity contribution in [3.8, 4) is 0 Å². The van der Waals surface area contributed by atoms with E-state index in [1.165, 1.54) is 34.3 Å². The van der Waals surface area contributed by atoms with E-state index in [1.54, 1.807) is 24.4 Å². The average molecular weight is 486 g/mol. The Labute approximate surface area is 191 Å². The molecule has 4 rings (SSSR count). The van der Waals surface area contributed by atoms with Gasteiger partial charge in [0.15, 0.2) is 0 Å². The number of aromatic nitrogens is 1. The third-order valence-corrected chi connectivity index (χ3v) is 8.61. The summed E-state index contributed by atoms with van der Waals surface area (Å²) in [5.74, 6) is -0.952. The number of carbonyl (C=O) groups excluding carboxylic acids is 1. The molecule has 3 atom stereocenters. The number of nitrogens with zero attached hydrogens (tertiary/aromatic N) is 3. The lowest BCUT2D eigenvalue weighted by Gasteiger charge is -2.68. The fourth-order valence-electron chi connectivity index (χ4n) is 5.06. The third kappa shape index (κ3) is 3.63. The Morgan fingerprint density at radius 3 is 2.58 bits per heavy atom. The lowest BCUT2D eigenvalue weighted by atomic mass is 9.66. The zero-order valence-electron chi connectivity index (χ0n) is 16.8. The van der Waals surface area contributed by atoms with Gasteiger partial charge in [-0.3, -0.25) is 14.2 Å². The molecular weight excluding hydrogens is 464 g/mol. The van der Waals surface area contributed by atoms with Crippen LogP contribution in [-0.4, -0.2) is 46.9 Å². The van der Waals surface area contributed by atoms with Gasteiger partial charge < -0.3 is 4.90 Å². The number of rotatable bonds is 6. The van der Waals surface area contributed by atoms with Crippen LogP contribution in [0.1, 0.15) is 31.9 Å². The molecule has 0 radical (unpaired) electrons. The first kappa shape index (κ1) is 22.5. The summed E-state index contributed by atoms with van der Waals surface area (Å²) in [5.41, 5.74) is -0.698. The molecule has 2 unspecified atom stereocenters. The Morgan fingerprint density at radius 2 is 2.00 bits per heavy atom. The number of pyridine rings is 1. The van der Waals surface area contributed by atoms with Crippen LogP contribution in [0, 0.1) is 5.92 Å². The Morgan fingerprint density at radius 1 is 1.29 bits per heavy atom. The Hall–Kier alpha value is -1.74. The molecule has 2 bridgehead atoms. The fraction of sp³-hybridized carbons (Fsp3) is 0.429. The van der Waals surface area contributed by atoms with E-state index in [2.05, 4.69) is 4.98 Å². The number of piperidine rings is 1. The van der Waals surface area contributed by atoms with Gasteiger partial charge in [-0.2, -0.15) is 4.31 Å². The first-order valence-corrected chi connectivity index (χ1v) is 12.2. The maximum absolute atomic E-state index is 14.2. The number of benzene rings is 1. The molecule has 166 valence electrons. The maximum atomic E-state index is 14.2. The molecule has 1 aromatic carbocycles. The summed E-state index contributed by atoms with van der Waals surface area (Å²) in [4.78, 5) is 18.4. The highest BCUT2D eigenvalue weighted by Gasteiger charge is 2.69. The number of hydrogen-bond donors (Lipinski definition) is 0. The molecule has 1 amide bonds. The van der Waals surface area contributed by atoms with E-state index in [0.29, 0.717) is 25.0 Å². The molecule has 1 saturated heterocycles. The largest absolute Gasteiger partial charge is 0.317 e. The minimum absolute atomic E-state index is 0.0695. The van der Waals surface area contributed by atoms with Gasteiger partial charge in [0.2, 0.25) is 15.9 Å². The summed E-state index contributed by atoms with van der Waals surface area (Å²) in [5, 5.41) is 0.370. The number of carbonyl (C=O) groups is 1. The second kappa shape index (κ2) is 8.31. The quantitative estimate of drug-likeness (QED) is 0.612. The molecule has 1 aliphatic heterocycles. The van der Waals surface area contributed by atoms with Crippen molar-refractivity contribution in [1.29, 1.82) is 0 Å². The average Bonchev–Trinajstić information content (AvgIpc) is 2.72. The summed E-state index contributed by atoms with van der Waals surface area (Å²) in [6.45, 7) is 0.733. The predicted molar refractivity (Wildman–Crippen MR) is 116 cm³/mol. The van der Waals surface area contributed by atoms with Crippen LogP contribution in [0.5, 0.6) is 0 Å². The molecule has 2 aliphatic rings. The minimum atomic E-state index is -4.10. The molecule has 2 heterocycles. The number of sulfonamides is 1. The Kier molecular flexibility index (Phi) is 6.02. The van der Waals surface area contributed by atoms with Crippen LogP contribution in [0.25, 0.3) is 0 Å². The second-order valence-corrected chi connectivity index (χ2v) is 10.6. The summed E-state index contributed by atoms with van der Waals surface area (Å²) in [7, 11) is -4.10. The van der Waals surface area contributed by atoms with Gasteiger partial charge in [-0.25, -0.2) is 8.42 Å². The van der Waals surface area contributed by atoms with Gasteiger partial charge in [0.05, 0.1) is 23.8 Å². The Balaban J connectivity index is 1.82. The van der Waals surface area contributed by atoms with Gasteiger partial charge in [-0.1, -0.05) is 29.3 Å². The molecule has 1 aliphatic carbocycles. The van der Waals surface area contributed by atoms with Crippen LogP contribution in [0.3, 0.4) is 0 Å². The van der Waals surface area contributed by atoms with Crippen molar-refractivity contribution in [3.63, 3.8) is 0 Å². The lowest BCUT2D eigenvalue weighted by molar-refractivity contribution is -0.214. The highest BCUT2D eigenvalue weighted by molar-refractivity contribution is 7.89. The summed E-state index contributed by atoms with van der Waals surface area (Å²) in [6.07, 6.45) is 3.16. The standard InChI is InChI=1S/C21H22Cl2FN3O3S/c1-14(28)26(13-17-5-2-3-8-25-17)21-7-4-6-20(19(21)12-24)27(21)31(29,30)18-10-15(22)9-16(23)11-18/h2-3,5,8-11,19-20H,4,6-7,12-13H2,1H3/t19-,20?,21?/m1/s1. The van der Waals surface area contributed by atoms with Crippen molar-refractivity contribution in [1.82, 2.24) is 14.2 Å². The van der Waals surface area contributed by atoms with E-state index in [9.17, 15) is 17.6 Å². The van der Waals surface area contributed by atoms with Crippen molar-refractivity contribution in [2.45, 2.75) is 49.3 Å². The van der Waals surface area contributed by atoms with Crippen molar-refractivity contribution < 1.29 is 17.6 Å². The van der Waals surface area contributed by atoms with Crippen molar-refractivity contribution in [2.75, 3.05) is 6.67 Å². The van der Waals surface area contributed by atoms with Crippen LogP contribution in [0.4, 0.5) is 4.39 Å². The number of hydrogen-bond acceptors (Lipinski definition) is 4. The monoisotopic (exact) mass is 485 g/mol. The molecule has 2 fully saturated rings. The Bertz CT molecular complexity index is 1080. The SMILES string of the molecule is CC(=O)N(Cc1ccccn1)C12CCCC([C@H]1CF)N2S(=O)(=O)c1cc(Cl)cc(Cl)c1. The first-order chi connectivity index (χ1) is 14.7. The van der Waals surface area contributed by atoms with Crippen molar-refractivity contribution in [3.05, 3.63) is 58.3 Å². The van der Waals surface area contributed by atoms with E-state index in [1.807, 2.05) is 0 Å². The lowest BCUT2D eigenvalue weighted by Crippen LogP contribution is -2.83. The summed E-state index contributed by atoms with van der Waals surface area (Å²) in [6, 6.07) is 8.86. The van der Waals surface area contributed by atoms with Gasteiger partial charge in [0, 0.05) is 35.1 Å². The van der Waals surface area contributed by atoms with Gasteiger partial charge in [-0.15, -0.1) is 0 Å². The van der Waals surface area contributed by atoms with E-state index in [0.717, 1.165) is 0 Å². The van der Waals surface area contributed by atoms with Gasteiger partial charge in [0.25, 0.3) is 0 Å². The van der Waals surface area contributed by atoms with Crippen LogP contribution < -0.4 is 0 Å². The highest BCUT2D eigenvalue weighted by Crippen LogP contribution is 2.57. The summed E-state index contributed by atoms with van der Waals surface area (Å²) < 4.78 is 43.0. The van der Waals surface area contributed by atoms with E-state index < -0.39 is 34.3 Å². The van der Waals surface area contributed by atoms with E-state index in [4.69, 9.17) is 23.2 Å². The van der Waals surface area contributed by atoms with Gasteiger partial charge in [0.1, 0.15) is 5.66 Å². The zero-order chi connectivity index (χ0) is 22.4. The minimum Gasteiger partial charge on any atom is -0.317 e. The number of alkyl halides is 1. The van der Waals surface area contributed by atoms with Crippen LogP contribution in [0.15, 0.2) is 47.5 Å². The molecule has 10 heteroatoms. The van der Waals surface area contributed by atoms with E-state index in [-0.39, 0.29) is 27.4 Å². The molecule has 6 nitrogen and oxygen atoms in total. The number of fused-ring (bicyclic) bond motifs is 2. The second-order valence-electron chi connectivity index (χ2n) is 7.93. The normalized spacial score (nSPS) is 25.7. The molecule has 1 saturated carbocycles. The van der Waals surface area contributed by atoms with Gasteiger partial charge >= 0.3 is 0 Å². The summed E-state index contributed by atoms with van der Waals surface area (Å²) >= 11 is 12.1. The predicted octanol–water partition coefficient (Wildman–Crippen LogP) is 4.28. The molecule has 31 heavy (non-hydrogen) atoms. The maximum Gasteiger partial charge on any atom is 0.245 e. The fourth-order valence-corrected chi connectivity index (χ4v) is 7.84. The molecule has 0 spiro atoms. The number of amides is 1. The smallest absolute Gasteiger partial charge is 0.245 e. The van der Waals surface area contributed by atoms with Crippen LogP contribution in [-0.2, 0) is 21.4 Å². The van der Waals surface area contributed by atoms with Gasteiger partial charge in [-0.05, 0) is 49.6 Å². The highest BCUT2D eigenvalue weighted by atomic mass is 35.5. The topological polar surface area (TPSA) is 70.6 Å². The van der Waals surface area contributed by atoms with Crippen molar-refractivity contribution in [2.24, 2.45) is 5.92 Å². The van der Waals surface area contributed by atoms with Crippen LogP contribution in [0.2, 0.25) is 10.0 Å². The zero-order valence-corrected chi connectivity index (χ0v) is 19.2. The first-order valence-electron chi connectivity index (χ1n) is 9.96. The van der Waals surface area contributed by atoms with E-state index >= 15 is 0 Å². The molecule has 0 N–H and O–H groups in total. The third-order valence-electron chi connectivity index (χ3n) is 6.24. The molecular formula is C21H22Cl2FN3O3S. The molecule has 2 aromatic rings.